The van der Waals surface area contributed by atoms with Gasteiger partial charge in [-0.15, -0.1) is 0 Å². The molecule has 1 N–H and O–H groups in total. The molecule has 3 heteroatoms. The number of nitrogens with zero attached hydrogens (tertiary/aromatic N) is 2. The second-order valence-electron chi connectivity index (χ2n) is 5.82. The fraction of sp³-hybridized carbons (Fsp3) is 0.211. The standard InChI is InChI=1S/C19H19N3/c1-3-7-15(8-4-1)13-22-12-11-17-18(14-22)21-19(20-17)16-9-5-2-6-10-16/h1-10H,11-14H2,(H,20,21). The van der Waals surface area contributed by atoms with E-state index in [-0.39, 0.29) is 0 Å². The summed E-state index contributed by atoms with van der Waals surface area (Å²) >= 11 is 0. The molecule has 110 valence electrons. The molecule has 0 bridgehead atoms. The predicted molar refractivity (Wildman–Crippen MR) is 88.3 cm³/mol. The van der Waals surface area contributed by atoms with E-state index in [0.29, 0.717) is 0 Å². The summed E-state index contributed by atoms with van der Waals surface area (Å²) in [5.41, 5.74) is 5.02. The predicted octanol–water partition coefficient (Wildman–Crippen LogP) is 3.64. The van der Waals surface area contributed by atoms with Gasteiger partial charge >= 0.3 is 0 Å². The molecule has 1 aliphatic rings. The van der Waals surface area contributed by atoms with Crippen LogP contribution in [0.1, 0.15) is 17.0 Å². The molecule has 3 nitrogen and oxygen atoms in total. The van der Waals surface area contributed by atoms with Crippen LogP contribution < -0.4 is 0 Å². The molecule has 2 heterocycles. The molecular formula is C19H19N3. The van der Waals surface area contributed by atoms with Crippen LogP contribution in [-0.2, 0) is 19.5 Å². The van der Waals surface area contributed by atoms with Crippen molar-refractivity contribution in [3.05, 3.63) is 77.6 Å². The molecule has 3 aromatic rings. The Bertz CT molecular complexity index is 747. The third kappa shape index (κ3) is 2.68. The normalized spacial score (nSPS) is 14.7. The molecule has 0 fully saturated rings. The second kappa shape index (κ2) is 5.78. The van der Waals surface area contributed by atoms with E-state index in [4.69, 9.17) is 4.98 Å². The topological polar surface area (TPSA) is 31.9 Å². The van der Waals surface area contributed by atoms with Crippen LogP contribution in [0.15, 0.2) is 60.7 Å². The summed E-state index contributed by atoms with van der Waals surface area (Å²) in [7, 11) is 0. The Labute approximate surface area is 130 Å². The number of aromatic amines is 1. The van der Waals surface area contributed by atoms with E-state index < -0.39 is 0 Å². The van der Waals surface area contributed by atoms with E-state index in [1.165, 1.54) is 17.0 Å². The summed E-state index contributed by atoms with van der Waals surface area (Å²) in [4.78, 5) is 10.8. The first-order valence-corrected chi connectivity index (χ1v) is 7.78. The number of imidazole rings is 1. The van der Waals surface area contributed by atoms with Gasteiger partial charge < -0.3 is 4.98 Å². The highest BCUT2D eigenvalue weighted by Gasteiger charge is 2.20. The van der Waals surface area contributed by atoms with E-state index in [9.17, 15) is 0 Å². The van der Waals surface area contributed by atoms with Crippen LogP contribution in [0.25, 0.3) is 11.4 Å². The Morgan fingerprint density at radius 1 is 0.955 bits per heavy atom. The number of aromatic nitrogens is 2. The third-order valence-corrected chi connectivity index (χ3v) is 4.21. The van der Waals surface area contributed by atoms with E-state index in [2.05, 4.69) is 64.5 Å². The smallest absolute Gasteiger partial charge is 0.137 e. The third-order valence-electron chi connectivity index (χ3n) is 4.21. The van der Waals surface area contributed by atoms with Gasteiger partial charge in [-0.25, -0.2) is 4.98 Å². The molecule has 2 aromatic carbocycles. The molecule has 4 rings (SSSR count). The van der Waals surface area contributed by atoms with Gasteiger partial charge in [-0.2, -0.15) is 0 Å². The largest absolute Gasteiger partial charge is 0.341 e. The Kier molecular flexibility index (Phi) is 3.49. The maximum Gasteiger partial charge on any atom is 0.137 e. The van der Waals surface area contributed by atoms with Gasteiger partial charge in [-0.1, -0.05) is 60.7 Å². The molecule has 0 spiro atoms. The number of nitrogens with one attached hydrogen (secondary N) is 1. The van der Waals surface area contributed by atoms with Crippen LogP contribution in [-0.4, -0.2) is 21.4 Å². The SMILES string of the molecule is c1ccc(CN2CCc3nc(-c4ccccc4)[nH]c3C2)cc1. The number of hydrogen-bond acceptors (Lipinski definition) is 2. The molecule has 0 atom stereocenters. The number of H-pyrrole nitrogens is 1. The monoisotopic (exact) mass is 289 g/mol. The first-order valence-electron chi connectivity index (χ1n) is 7.78. The van der Waals surface area contributed by atoms with Gasteiger partial charge in [0.1, 0.15) is 5.82 Å². The summed E-state index contributed by atoms with van der Waals surface area (Å²) in [6, 6.07) is 21.0. The van der Waals surface area contributed by atoms with Crippen molar-refractivity contribution in [2.75, 3.05) is 6.54 Å². The minimum absolute atomic E-state index is 0.948. The highest BCUT2D eigenvalue weighted by atomic mass is 15.2. The van der Waals surface area contributed by atoms with E-state index in [1.807, 2.05) is 6.07 Å². The van der Waals surface area contributed by atoms with Crippen molar-refractivity contribution in [3.63, 3.8) is 0 Å². The molecule has 1 aromatic heterocycles. The van der Waals surface area contributed by atoms with Crippen molar-refractivity contribution in [2.24, 2.45) is 0 Å². The maximum absolute atomic E-state index is 4.78. The molecule has 0 radical (unpaired) electrons. The zero-order chi connectivity index (χ0) is 14.8. The van der Waals surface area contributed by atoms with Crippen molar-refractivity contribution in [1.82, 2.24) is 14.9 Å². The Morgan fingerprint density at radius 2 is 1.68 bits per heavy atom. The van der Waals surface area contributed by atoms with Gasteiger partial charge in [0, 0.05) is 31.6 Å². The zero-order valence-corrected chi connectivity index (χ0v) is 12.5. The van der Waals surface area contributed by atoms with Crippen LogP contribution >= 0.6 is 0 Å². The fourth-order valence-corrected chi connectivity index (χ4v) is 3.06. The van der Waals surface area contributed by atoms with Crippen molar-refractivity contribution in [1.29, 1.82) is 0 Å². The first kappa shape index (κ1) is 13.3. The number of rotatable bonds is 3. The van der Waals surface area contributed by atoms with Gasteiger partial charge in [-0.05, 0) is 5.56 Å². The Balaban J connectivity index is 1.53. The zero-order valence-electron chi connectivity index (χ0n) is 12.5. The van der Waals surface area contributed by atoms with Gasteiger partial charge in [-0.3, -0.25) is 4.90 Å². The molecule has 0 unspecified atom stereocenters. The van der Waals surface area contributed by atoms with Gasteiger partial charge in [0.25, 0.3) is 0 Å². The quantitative estimate of drug-likeness (QED) is 0.798. The summed E-state index contributed by atoms with van der Waals surface area (Å²) in [6.45, 7) is 3.02. The molecule has 22 heavy (non-hydrogen) atoms. The molecule has 0 saturated heterocycles. The van der Waals surface area contributed by atoms with Gasteiger partial charge in [0.15, 0.2) is 0 Å². The highest BCUT2D eigenvalue weighted by Crippen LogP contribution is 2.23. The molecule has 1 aliphatic heterocycles. The van der Waals surface area contributed by atoms with Crippen molar-refractivity contribution >= 4 is 0 Å². The summed E-state index contributed by atoms with van der Waals surface area (Å²) < 4.78 is 0. The average Bonchev–Trinajstić information content (AvgIpc) is 3.00. The average molecular weight is 289 g/mol. The maximum atomic E-state index is 4.78. The van der Waals surface area contributed by atoms with E-state index >= 15 is 0 Å². The van der Waals surface area contributed by atoms with Crippen LogP contribution in [0.2, 0.25) is 0 Å². The molecule has 0 amide bonds. The lowest BCUT2D eigenvalue weighted by Gasteiger charge is -2.25. The van der Waals surface area contributed by atoms with Gasteiger partial charge in [0.2, 0.25) is 0 Å². The first-order chi connectivity index (χ1) is 10.9. The fourth-order valence-electron chi connectivity index (χ4n) is 3.06. The summed E-state index contributed by atoms with van der Waals surface area (Å²) in [6.07, 6.45) is 1.02. The molecular weight excluding hydrogens is 270 g/mol. The molecule has 0 aliphatic carbocycles. The van der Waals surface area contributed by atoms with Crippen molar-refractivity contribution in [3.8, 4) is 11.4 Å². The number of hydrogen-bond donors (Lipinski definition) is 1. The Morgan fingerprint density at radius 3 is 2.45 bits per heavy atom. The van der Waals surface area contributed by atoms with Crippen LogP contribution in [0.5, 0.6) is 0 Å². The number of benzene rings is 2. The minimum Gasteiger partial charge on any atom is -0.341 e. The van der Waals surface area contributed by atoms with Gasteiger partial charge in [0.05, 0.1) is 11.4 Å². The van der Waals surface area contributed by atoms with E-state index in [0.717, 1.165) is 37.4 Å². The van der Waals surface area contributed by atoms with E-state index in [1.54, 1.807) is 0 Å². The number of fused-ring (bicyclic) bond motifs is 1. The van der Waals surface area contributed by atoms with Crippen molar-refractivity contribution in [2.45, 2.75) is 19.5 Å². The Hall–Kier alpha value is -2.39. The minimum atomic E-state index is 0.948. The highest BCUT2D eigenvalue weighted by molar-refractivity contribution is 5.55. The lowest BCUT2D eigenvalue weighted by molar-refractivity contribution is 0.241. The van der Waals surface area contributed by atoms with Crippen molar-refractivity contribution < 1.29 is 0 Å². The van der Waals surface area contributed by atoms with Crippen LogP contribution in [0.4, 0.5) is 0 Å². The lowest BCUT2D eigenvalue weighted by atomic mass is 10.1. The molecule has 0 saturated carbocycles. The second-order valence-corrected chi connectivity index (χ2v) is 5.82. The summed E-state index contributed by atoms with van der Waals surface area (Å²) in [5.74, 6) is 0.993. The van der Waals surface area contributed by atoms with Crippen LogP contribution in [0, 0.1) is 0 Å². The van der Waals surface area contributed by atoms with Crippen LogP contribution in [0.3, 0.4) is 0 Å². The summed E-state index contributed by atoms with van der Waals surface area (Å²) in [5, 5.41) is 0. The lowest BCUT2D eigenvalue weighted by Crippen LogP contribution is -2.30.